The van der Waals surface area contributed by atoms with Crippen LogP contribution in [0, 0.1) is 5.92 Å². The minimum atomic E-state index is -1.06. The van der Waals surface area contributed by atoms with E-state index in [1.165, 1.54) is 18.9 Å². The third-order valence-electron chi connectivity index (χ3n) is 4.11. The van der Waals surface area contributed by atoms with E-state index in [1.807, 2.05) is 13.8 Å². The molecule has 0 radical (unpaired) electrons. The molecule has 0 spiro atoms. The maximum atomic E-state index is 13.2. The Kier molecular flexibility index (Phi) is 5.99. The van der Waals surface area contributed by atoms with E-state index in [0.717, 1.165) is 0 Å². The van der Waals surface area contributed by atoms with Crippen LogP contribution in [0.2, 0.25) is 0 Å². The molecular weight excluding hydrogens is 360 g/mol. The van der Waals surface area contributed by atoms with Gasteiger partial charge < -0.3 is 19.5 Å². The minimum absolute atomic E-state index is 0.161. The molecule has 3 atom stereocenters. The molecule has 0 aromatic heterocycles. The molecule has 2 amide bonds. The summed E-state index contributed by atoms with van der Waals surface area (Å²) in [7, 11) is 1.22. The van der Waals surface area contributed by atoms with Crippen LogP contribution in [0.25, 0.3) is 0 Å². The number of alkyl carbamates (subject to hydrolysis) is 1. The largest absolute Gasteiger partial charge is 0.509 e. The standard InChI is InChI=1S/C17H28N2O6S/c1-10(2)7-17(18-14(21)25-16(3,4)5)8-12-19(13(17)20)11(9-26-12)24-15(22)23-6/h10-12H,7-9H2,1-6H3,(H,18,21)/t11-,12-,17-/m1/s1. The predicted molar refractivity (Wildman–Crippen MR) is 96.5 cm³/mol. The average Bonchev–Trinajstić information content (AvgIpc) is 2.96. The second-order valence-corrected chi connectivity index (χ2v) is 9.25. The van der Waals surface area contributed by atoms with Crippen LogP contribution in [0.5, 0.6) is 0 Å². The van der Waals surface area contributed by atoms with Gasteiger partial charge in [0.1, 0.15) is 11.1 Å². The number of ether oxygens (including phenoxy) is 3. The van der Waals surface area contributed by atoms with Gasteiger partial charge in [-0.05, 0) is 33.1 Å². The molecule has 0 unspecified atom stereocenters. The van der Waals surface area contributed by atoms with Crippen LogP contribution in [0.1, 0.15) is 47.5 Å². The average molecular weight is 388 g/mol. The first-order valence-electron chi connectivity index (χ1n) is 8.67. The molecule has 8 nitrogen and oxygen atoms in total. The molecule has 0 aromatic carbocycles. The molecule has 2 saturated heterocycles. The SMILES string of the molecule is COC(=O)O[C@@H]1CS[C@@H]2C[C@@](CC(C)C)(NC(=O)OC(C)(C)C)C(=O)N12. The number of fused-ring (bicyclic) bond motifs is 1. The van der Waals surface area contributed by atoms with E-state index in [0.29, 0.717) is 18.6 Å². The van der Waals surface area contributed by atoms with E-state index in [1.54, 1.807) is 25.7 Å². The summed E-state index contributed by atoms with van der Waals surface area (Å²) in [5, 5.41) is 2.65. The molecular formula is C17H28N2O6S. The topological polar surface area (TPSA) is 94.2 Å². The Morgan fingerprint density at radius 1 is 1.38 bits per heavy atom. The van der Waals surface area contributed by atoms with E-state index in [-0.39, 0.29) is 17.2 Å². The second-order valence-electron chi connectivity index (χ2n) is 8.04. The van der Waals surface area contributed by atoms with Crippen LogP contribution < -0.4 is 5.32 Å². The van der Waals surface area contributed by atoms with Crippen molar-refractivity contribution in [3.63, 3.8) is 0 Å². The van der Waals surface area contributed by atoms with Gasteiger partial charge in [0.25, 0.3) is 5.91 Å². The lowest BCUT2D eigenvalue weighted by Crippen LogP contribution is -2.57. The fraction of sp³-hybridized carbons (Fsp3) is 0.824. The zero-order valence-corrected chi connectivity index (χ0v) is 17.0. The summed E-state index contributed by atoms with van der Waals surface area (Å²) < 4.78 is 15.1. The van der Waals surface area contributed by atoms with Crippen LogP contribution in [-0.2, 0) is 19.0 Å². The maximum absolute atomic E-state index is 13.2. The van der Waals surface area contributed by atoms with Crippen LogP contribution >= 0.6 is 11.8 Å². The van der Waals surface area contributed by atoms with Crippen LogP contribution in [0.3, 0.4) is 0 Å². The molecule has 9 heteroatoms. The summed E-state index contributed by atoms with van der Waals surface area (Å²) >= 11 is 1.53. The molecule has 1 N–H and O–H groups in total. The zero-order valence-electron chi connectivity index (χ0n) is 16.2. The minimum Gasteiger partial charge on any atom is -0.444 e. The van der Waals surface area contributed by atoms with Crippen molar-refractivity contribution in [2.45, 2.75) is 70.2 Å². The maximum Gasteiger partial charge on any atom is 0.509 e. The van der Waals surface area contributed by atoms with Gasteiger partial charge in [-0.25, -0.2) is 9.59 Å². The molecule has 0 saturated carbocycles. The lowest BCUT2D eigenvalue weighted by Gasteiger charge is -2.32. The Balaban J connectivity index is 2.21. The smallest absolute Gasteiger partial charge is 0.444 e. The van der Waals surface area contributed by atoms with E-state index >= 15 is 0 Å². The van der Waals surface area contributed by atoms with Gasteiger partial charge in [-0.15, -0.1) is 11.8 Å². The number of carbonyl (C=O) groups is 3. The fourth-order valence-corrected chi connectivity index (χ4v) is 4.77. The number of amides is 2. The third-order valence-corrected chi connectivity index (χ3v) is 5.37. The molecule has 2 fully saturated rings. The van der Waals surface area contributed by atoms with Gasteiger partial charge in [-0.1, -0.05) is 13.8 Å². The molecule has 2 aliphatic heterocycles. The Hall–Kier alpha value is -1.64. The molecule has 26 heavy (non-hydrogen) atoms. The first kappa shape index (κ1) is 20.7. The summed E-state index contributed by atoms with van der Waals surface area (Å²) in [6.45, 7) is 9.29. The molecule has 0 bridgehead atoms. The van der Waals surface area contributed by atoms with Crippen molar-refractivity contribution >= 4 is 29.9 Å². The van der Waals surface area contributed by atoms with Crippen molar-refractivity contribution in [3.05, 3.63) is 0 Å². The molecule has 0 aromatic rings. The van der Waals surface area contributed by atoms with E-state index < -0.39 is 29.6 Å². The highest BCUT2D eigenvalue weighted by Gasteiger charge is 2.58. The number of rotatable bonds is 4. The quantitative estimate of drug-likeness (QED) is 0.740. The molecule has 148 valence electrons. The monoisotopic (exact) mass is 388 g/mol. The highest BCUT2D eigenvalue weighted by molar-refractivity contribution is 8.00. The number of thioether (sulfide) groups is 1. The Morgan fingerprint density at radius 2 is 2.04 bits per heavy atom. The first-order chi connectivity index (χ1) is 12.0. The number of hydrogen-bond donors (Lipinski definition) is 1. The Labute approximate surface area is 158 Å². The second kappa shape index (κ2) is 7.54. The van der Waals surface area contributed by atoms with Crippen LogP contribution in [0.15, 0.2) is 0 Å². The third kappa shape index (κ3) is 4.55. The summed E-state index contributed by atoms with van der Waals surface area (Å²) in [4.78, 5) is 38.6. The first-order valence-corrected chi connectivity index (χ1v) is 9.72. The Morgan fingerprint density at radius 3 is 2.58 bits per heavy atom. The number of nitrogens with zero attached hydrogens (tertiary/aromatic N) is 1. The highest BCUT2D eigenvalue weighted by atomic mass is 32.2. The number of nitrogens with one attached hydrogen (secondary N) is 1. The fourth-order valence-electron chi connectivity index (χ4n) is 3.36. The van der Waals surface area contributed by atoms with Gasteiger partial charge in [0.2, 0.25) is 0 Å². The summed E-state index contributed by atoms with van der Waals surface area (Å²) in [5.74, 6) is 0.412. The molecule has 2 aliphatic rings. The summed E-state index contributed by atoms with van der Waals surface area (Å²) in [6.07, 6.45) is -1.23. The normalized spacial score (nSPS) is 28.1. The van der Waals surface area contributed by atoms with Crippen LogP contribution in [-0.4, -0.2) is 58.7 Å². The highest BCUT2D eigenvalue weighted by Crippen LogP contribution is 2.45. The van der Waals surface area contributed by atoms with Crippen molar-refractivity contribution in [1.29, 1.82) is 0 Å². The summed E-state index contributed by atoms with van der Waals surface area (Å²) in [6, 6.07) is 0. The molecule has 0 aliphatic carbocycles. The van der Waals surface area contributed by atoms with Crippen molar-refractivity contribution in [3.8, 4) is 0 Å². The predicted octanol–water partition coefficient (Wildman–Crippen LogP) is 2.71. The Bertz CT molecular complexity index is 576. The zero-order chi connectivity index (χ0) is 19.7. The van der Waals surface area contributed by atoms with Gasteiger partial charge in [0.05, 0.1) is 18.2 Å². The van der Waals surface area contributed by atoms with Crippen molar-refractivity contribution in [1.82, 2.24) is 10.2 Å². The van der Waals surface area contributed by atoms with Gasteiger partial charge in [-0.2, -0.15) is 0 Å². The molecule has 2 rings (SSSR count). The number of hydrogen-bond acceptors (Lipinski definition) is 7. The van der Waals surface area contributed by atoms with Crippen LogP contribution in [0.4, 0.5) is 9.59 Å². The van der Waals surface area contributed by atoms with Gasteiger partial charge in [0.15, 0.2) is 6.23 Å². The van der Waals surface area contributed by atoms with Gasteiger partial charge in [-0.3, -0.25) is 9.69 Å². The van der Waals surface area contributed by atoms with Crippen molar-refractivity contribution in [2.24, 2.45) is 5.92 Å². The van der Waals surface area contributed by atoms with Gasteiger partial charge >= 0.3 is 12.2 Å². The number of methoxy groups -OCH3 is 1. The van der Waals surface area contributed by atoms with Crippen molar-refractivity contribution in [2.75, 3.05) is 12.9 Å². The van der Waals surface area contributed by atoms with E-state index in [4.69, 9.17) is 9.47 Å². The lowest BCUT2D eigenvalue weighted by molar-refractivity contribution is -0.141. The lowest BCUT2D eigenvalue weighted by atomic mass is 9.87. The van der Waals surface area contributed by atoms with E-state index in [2.05, 4.69) is 10.1 Å². The molecule has 2 heterocycles. The van der Waals surface area contributed by atoms with Gasteiger partial charge in [0, 0.05) is 6.42 Å². The van der Waals surface area contributed by atoms with Crippen molar-refractivity contribution < 1.29 is 28.6 Å². The number of carbonyl (C=O) groups excluding carboxylic acids is 3. The van der Waals surface area contributed by atoms with E-state index in [9.17, 15) is 14.4 Å². The summed E-state index contributed by atoms with van der Waals surface area (Å²) in [5.41, 5.74) is -1.72.